The van der Waals surface area contributed by atoms with E-state index in [4.69, 9.17) is 16.3 Å². The third kappa shape index (κ3) is 2.52. The molecule has 0 saturated heterocycles. The molecule has 96 valence electrons. The molecule has 0 unspecified atom stereocenters. The molecule has 0 aliphatic carbocycles. The highest BCUT2D eigenvalue weighted by molar-refractivity contribution is 7.18. The highest BCUT2D eigenvalue weighted by atomic mass is 35.5. The fourth-order valence-electron chi connectivity index (χ4n) is 1.67. The molecule has 0 amide bonds. The summed E-state index contributed by atoms with van der Waals surface area (Å²) in [6.45, 7) is 2.11. The molecule has 0 aliphatic heterocycles. The van der Waals surface area contributed by atoms with Crippen molar-refractivity contribution in [3.63, 3.8) is 0 Å². The standard InChI is InChI=1S/C13H10ClN3OS/c1-2-9-5-10-12(16-7-17-13(10)19-9)18-8-3-4-11(14)15-6-8/h3-7H,2H2,1H3. The van der Waals surface area contributed by atoms with Gasteiger partial charge in [0.1, 0.15) is 22.1 Å². The summed E-state index contributed by atoms with van der Waals surface area (Å²) < 4.78 is 5.74. The van der Waals surface area contributed by atoms with Gasteiger partial charge in [0.2, 0.25) is 5.88 Å². The van der Waals surface area contributed by atoms with Gasteiger partial charge in [0, 0.05) is 4.88 Å². The van der Waals surface area contributed by atoms with E-state index in [9.17, 15) is 0 Å². The number of thiophene rings is 1. The molecule has 0 bridgehead atoms. The maximum atomic E-state index is 5.74. The van der Waals surface area contributed by atoms with Gasteiger partial charge in [0.25, 0.3) is 0 Å². The Morgan fingerprint density at radius 2 is 2.16 bits per heavy atom. The quantitative estimate of drug-likeness (QED) is 0.682. The van der Waals surface area contributed by atoms with Crippen LogP contribution in [0, 0.1) is 0 Å². The predicted octanol–water partition coefficient (Wildman–Crippen LogP) is 4.09. The van der Waals surface area contributed by atoms with Crippen molar-refractivity contribution in [2.45, 2.75) is 13.3 Å². The minimum Gasteiger partial charge on any atom is -0.437 e. The number of pyridine rings is 1. The first-order valence-corrected chi connectivity index (χ1v) is 6.98. The van der Waals surface area contributed by atoms with E-state index in [1.165, 1.54) is 11.2 Å². The molecule has 0 aliphatic rings. The molecule has 3 heterocycles. The monoisotopic (exact) mass is 291 g/mol. The fourth-order valence-corrected chi connectivity index (χ4v) is 2.71. The zero-order valence-electron chi connectivity index (χ0n) is 10.1. The normalized spacial score (nSPS) is 10.8. The van der Waals surface area contributed by atoms with Crippen molar-refractivity contribution in [3.8, 4) is 11.6 Å². The maximum absolute atomic E-state index is 5.74. The second kappa shape index (κ2) is 5.11. The lowest BCUT2D eigenvalue weighted by Crippen LogP contribution is -1.90. The van der Waals surface area contributed by atoms with Crippen molar-refractivity contribution < 1.29 is 4.74 Å². The minimum atomic E-state index is 0.434. The Kier molecular flexibility index (Phi) is 3.31. The molecule has 0 atom stereocenters. The number of aryl methyl sites for hydroxylation is 1. The highest BCUT2D eigenvalue weighted by Crippen LogP contribution is 2.32. The van der Waals surface area contributed by atoms with Crippen molar-refractivity contribution in [2.75, 3.05) is 0 Å². The number of halogens is 1. The van der Waals surface area contributed by atoms with Crippen LogP contribution >= 0.6 is 22.9 Å². The van der Waals surface area contributed by atoms with Crippen molar-refractivity contribution >= 4 is 33.2 Å². The summed E-state index contributed by atoms with van der Waals surface area (Å²) in [5, 5.41) is 1.36. The number of hydrogen-bond donors (Lipinski definition) is 0. The Bertz CT molecular complexity index is 711. The van der Waals surface area contributed by atoms with Crippen molar-refractivity contribution in [1.82, 2.24) is 15.0 Å². The second-order valence-electron chi connectivity index (χ2n) is 3.88. The molecule has 3 aromatic heterocycles. The topological polar surface area (TPSA) is 47.9 Å². The Hall–Kier alpha value is -1.72. The van der Waals surface area contributed by atoms with Gasteiger partial charge in [-0.25, -0.2) is 15.0 Å². The number of rotatable bonds is 3. The average molecular weight is 292 g/mol. The van der Waals surface area contributed by atoms with Crippen LogP contribution in [0.1, 0.15) is 11.8 Å². The van der Waals surface area contributed by atoms with E-state index in [0.717, 1.165) is 16.6 Å². The third-order valence-electron chi connectivity index (χ3n) is 2.61. The molecule has 0 fully saturated rings. The van der Waals surface area contributed by atoms with Crippen LogP contribution in [-0.2, 0) is 6.42 Å². The van der Waals surface area contributed by atoms with Gasteiger partial charge in [0.15, 0.2) is 0 Å². The lowest BCUT2D eigenvalue weighted by Gasteiger charge is -2.04. The Morgan fingerprint density at radius 1 is 1.26 bits per heavy atom. The molecular formula is C13H10ClN3OS. The van der Waals surface area contributed by atoms with Gasteiger partial charge in [-0.3, -0.25) is 0 Å². The number of aromatic nitrogens is 3. The summed E-state index contributed by atoms with van der Waals surface area (Å²) in [5.74, 6) is 1.15. The Labute approximate surface area is 119 Å². The minimum absolute atomic E-state index is 0.434. The molecule has 0 N–H and O–H groups in total. The summed E-state index contributed by atoms with van der Waals surface area (Å²) in [5.41, 5.74) is 0. The second-order valence-corrected chi connectivity index (χ2v) is 5.39. The molecular weight excluding hydrogens is 282 g/mol. The van der Waals surface area contributed by atoms with Crippen molar-refractivity contribution in [3.05, 3.63) is 40.8 Å². The number of hydrogen-bond acceptors (Lipinski definition) is 5. The molecule has 6 heteroatoms. The first-order valence-electron chi connectivity index (χ1n) is 5.79. The zero-order valence-corrected chi connectivity index (χ0v) is 11.7. The molecule has 3 rings (SSSR count). The summed E-state index contributed by atoms with van der Waals surface area (Å²) in [7, 11) is 0. The van der Waals surface area contributed by atoms with E-state index >= 15 is 0 Å². The summed E-state index contributed by atoms with van der Waals surface area (Å²) in [4.78, 5) is 14.6. The lowest BCUT2D eigenvalue weighted by atomic mass is 10.3. The van der Waals surface area contributed by atoms with E-state index in [-0.39, 0.29) is 0 Å². The summed E-state index contributed by atoms with van der Waals surface area (Å²) in [6, 6.07) is 5.51. The van der Waals surface area contributed by atoms with Gasteiger partial charge in [0.05, 0.1) is 11.6 Å². The molecule has 0 radical (unpaired) electrons. The van der Waals surface area contributed by atoms with Crippen LogP contribution in [0.4, 0.5) is 0 Å². The van der Waals surface area contributed by atoms with Crippen LogP contribution in [-0.4, -0.2) is 15.0 Å². The Balaban J connectivity index is 2.00. The Morgan fingerprint density at radius 3 is 2.89 bits per heavy atom. The third-order valence-corrected chi connectivity index (χ3v) is 4.02. The summed E-state index contributed by atoms with van der Waals surface area (Å²) >= 11 is 7.40. The van der Waals surface area contributed by atoms with Crippen LogP contribution in [0.5, 0.6) is 11.6 Å². The van der Waals surface area contributed by atoms with Gasteiger partial charge >= 0.3 is 0 Å². The fraction of sp³-hybridized carbons (Fsp3) is 0.154. The number of fused-ring (bicyclic) bond motifs is 1. The highest BCUT2D eigenvalue weighted by Gasteiger charge is 2.10. The molecule has 19 heavy (non-hydrogen) atoms. The van der Waals surface area contributed by atoms with Crippen LogP contribution in [0.25, 0.3) is 10.2 Å². The van der Waals surface area contributed by atoms with E-state index < -0.39 is 0 Å². The van der Waals surface area contributed by atoms with E-state index in [2.05, 4.69) is 27.9 Å². The van der Waals surface area contributed by atoms with Crippen LogP contribution in [0.15, 0.2) is 30.7 Å². The van der Waals surface area contributed by atoms with Gasteiger partial charge in [-0.15, -0.1) is 11.3 Å². The van der Waals surface area contributed by atoms with Crippen LogP contribution < -0.4 is 4.74 Å². The van der Waals surface area contributed by atoms with Gasteiger partial charge in [-0.1, -0.05) is 18.5 Å². The smallest absolute Gasteiger partial charge is 0.231 e. The van der Waals surface area contributed by atoms with Crippen molar-refractivity contribution in [1.29, 1.82) is 0 Å². The van der Waals surface area contributed by atoms with Crippen LogP contribution in [0.2, 0.25) is 5.15 Å². The SMILES string of the molecule is CCc1cc2c(Oc3ccc(Cl)nc3)ncnc2s1. The molecule has 4 nitrogen and oxygen atoms in total. The van der Waals surface area contributed by atoms with Gasteiger partial charge in [-0.05, 0) is 24.6 Å². The van der Waals surface area contributed by atoms with Gasteiger partial charge in [-0.2, -0.15) is 0 Å². The number of nitrogens with zero attached hydrogens (tertiary/aromatic N) is 3. The number of ether oxygens (including phenoxy) is 1. The first-order chi connectivity index (χ1) is 9.26. The summed E-state index contributed by atoms with van der Waals surface area (Å²) in [6.07, 6.45) is 4.06. The van der Waals surface area contributed by atoms with Crippen molar-refractivity contribution in [2.24, 2.45) is 0 Å². The lowest BCUT2D eigenvalue weighted by molar-refractivity contribution is 0.466. The maximum Gasteiger partial charge on any atom is 0.231 e. The molecule has 0 spiro atoms. The zero-order chi connectivity index (χ0) is 13.2. The first kappa shape index (κ1) is 12.3. The van der Waals surface area contributed by atoms with Gasteiger partial charge < -0.3 is 4.74 Å². The molecule has 3 aromatic rings. The van der Waals surface area contributed by atoms with E-state index in [0.29, 0.717) is 16.8 Å². The largest absolute Gasteiger partial charge is 0.437 e. The molecule has 0 aromatic carbocycles. The van der Waals surface area contributed by atoms with E-state index in [1.807, 2.05) is 0 Å². The molecule has 0 saturated carbocycles. The average Bonchev–Trinajstić information content (AvgIpc) is 2.85. The van der Waals surface area contributed by atoms with Crippen LogP contribution in [0.3, 0.4) is 0 Å². The predicted molar refractivity (Wildman–Crippen MR) is 76.1 cm³/mol. The van der Waals surface area contributed by atoms with E-state index in [1.54, 1.807) is 29.7 Å².